The Morgan fingerprint density at radius 1 is 1.00 bits per heavy atom. The SMILES string of the molecule is CCCC(O)c1ccc2cc(-c3ccncc3)ccc2n1. The van der Waals surface area contributed by atoms with Crippen molar-refractivity contribution in [3.05, 3.63) is 60.6 Å². The Labute approximate surface area is 124 Å². The molecule has 0 radical (unpaired) electrons. The van der Waals surface area contributed by atoms with Crippen molar-refractivity contribution < 1.29 is 5.11 Å². The van der Waals surface area contributed by atoms with Crippen molar-refractivity contribution in [1.82, 2.24) is 9.97 Å². The van der Waals surface area contributed by atoms with Crippen LogP contribution in [0.2, 0.25) is 0 Å². The molecule has 1 atom stereocenters. The highest BCUT2D eigenvalue weighted by atomic mass is 16.3. The highest BCUT2D eigenvalue weighted by Crippen LogP contribution is 2.25. The predicted octanol–water partition coefficient (Wildman–Crippen LogP) is 4.13. The average molecular weight is 278 g/mol. The van der Waals surface area contributed by atoms with E-state index in [4.69, 9.17) is 0 Å². The molecule has 0 saturated heterocycles. The number of rotatable bonds is 4. The zero-order chi connectivity index (χ0) is 14.7. The third-order valence-electron chi connectivity index (χ3n) is 3.63. The number of aliphatic hydroxyl groups is 1. The van der Waals surface area contributed by atoms with Crippen LogP contribution in [0.15, 0.2) is 54.9 Å². The summed E-state index contributed by atoms with van der Waals surface area (Å²) in [5, 5.41) is 11.1. The van der Waals surface area contributed by atoms with Gasteiger partial charge in [-0.3, -0.25) is 9.97 Å². The summed E-state index contributed by atoms with van der Waals surface area (Å²) >= 11 is 0. The van der Waals surface area contributed by atoms with Crippen molar-refractivity contribution >= 4 is 10.9 Å². The molecule has 3 nitrogen and oxygen atoms in total. The number of nitrogens with zero attached hydrogens (tertiary/aromatic N) is 2. The maximum Gasteiger partial charge on any atom is 0.0959 e. The number of aliphatic hydroxyl groups excluding tert-OH is 1. The molecule has 0 aliphatic rings. The number of aromatic nitrogens is 2. The monoisotopic (exact) mass is 278 g/mol. The lowest BCUT2D eigenvalue weighted by molar-refractivity contribution is 0.162. The Kier molecular flexibility index (Phi) is 3.93. The van der Waals surface area contributed by atoms with Crippen LogP contribution in [0.25, 0.3) is 22.0 Å². The van der Waals surface area contributed by atoms with E-state index in [0.717, 1.165) is 40.6 Å². The fraction of sp³-hybridized carbons (Fsp3) is 0.222. The Balaban J connectivity index is 1.99. The predicted molar refractivity (Wildman–Crippen MR) is 84.8 cm³/mol. The van der Waals surface area contributed by atoms with Gasteiger partial charge in [-0.25, -0.2) is 0 Å². The number of hydrogen-bond acceptors (Lipinski definition) is 3. The van der Waals surface area contributed by atoms with E-state index < -0.39 is 6.10 Å². The summed E-state index contributed by atoms with van der Waals surface area (Å²) in [6.45, 7) is 2.06. The van der Waals surface area contributed by atoms with Crippen LogP contribution in [0.5, 0.6) is 0 Å². The Morgan fingerprint density at radius 2 is 1.81 bits per heavy atom. The quantitative estimate of drug-likeness (QED) is 0.780. The number of benzene rings is 1. The number of pyridine rings is 2. The van der Waals surface area contributed by atoms with Gasteiger partial charge in [0, 0.05) is 17.8 Å². The minimum Gasteiger partial charge on any atom is -0.387 e. The summed E-state index contributed by atoms with van der Waals surface area (Å²) < 4.78 is 0. The summed E-state index contributed by atoms with van der Waals surface area (Å²) in [6, 6.07) is 14.1. The second-order valence-corrected chi connectivity index (χ2v) is 5.18. The van der Waals surface area contributed by atoms with Crippen molar-refractivity contribution in [2.75, 3.05) is 0 Å². The molecule has 1 N–H and O–H groups in total. The molecule has 0 aliphatic heterocycles. The molecule has 3 heteroatoms. The van der Waals surface area contributed by atoms with E-state index in [1.165, 1.54) is 0 Å². The standard InChI is InChI=1S/C18H18N2O/c1-2-3-18(21)17-7-5-15-12-14(4-6-16(15)20-17)13-8-10-19-11-9-13/h4-12,18,21H,2-3H2,1H3. The van der Waals surface area contributed by atoms with Crippen molar-refractivity contribution in [3.63, 3.8) is 0 Å². The first-order valence-corrected chi connectivity index (χ1v) is 7.27. The van der Waals surface area contributed by atoms with Crippen molar-refractivity contribution in [1.29, 1.82) is 0 Å². The molecule has 0 fully saturated rings. The molecule has 21 heavy (non-hydrogen) atoms. The molecule has 0 amide bonds. The normalized spacial score (nSPS) is 12.5. The van der Waals surface area contributed by atoms with Crippen LogP contribution in [-0.2, 0) is 0 Å². The van der Waals surface area contributed by atoms with Gasteiger partial charge in [0.2, 0.25) is 0 Å². The summed E-state index contributed by atoms with van der Waals surface area (Å²) in [5.41, 5.74) is 3.96. The van der Waals surface area contributed by atoms with E-state index in [1.807, 2.05) is 30.3 Å². The summed E-state index contributed by atoms with van der Waals surface area (Å²) in [7, 11) is 0. The van der Waals surface area contributed by atoms with Gasteiger partial charge in [-0.15, -0.1) is 0 Å². The number of fused-ring (bicyclic) bond motifs is 1. The fourth-order valence-corrected chi connectivity index (χ4v) is 2.47. The van der Waals surface area contributed by atoms with Crippen LogP contribution in [-0.4, -0.2) is 15.1 Å². The van der Waals surface area contributed by atoms with E-state index in [9.17, 15) is 5.11 Å². The zero-order valence-electron chi connectivity index (χ0n) is 12.0. The Morgan fingerprint density at radius 3 is 2.57 bits per heavy atom. The van der Waals surface area contributed by atoms with Crippen LogP contribution in [0.1, 0.15) is 31.6 Å². The van der Waals surface area contributed by atoms with E-state index in [0.29, 0.717) is 0 Å². The average Bonchev–Trinajstić information content (AvgIpc) is 2.55. The molecule has 0 aliphatic carbocycles. The third-order valence-corrected chi connectivity index (χ3v) is 3.63. The van der Waals surface area contributed by atoms with Crippen molar-refractivity contribution in [3.8, 4) is 11.1 Å². The maximum atomic E-state index is 10.0. The van der Waals surface area contributed by atoms with Gasteiger partial charge in [-0.05, 0) is 47.9 Å². The fourth-order valence-electron chi connectivity index (χ4n) is 2.47. The van der Waals surface area contributed by atoms with Gasteiger partial charge in [-0.2, -0.15) is 0 Å². The van der Waals surface area contributed by atoms with Crippen molar-refractivity contribution in [2.45, 2.75) is 25.9 Å². The molecule has 3 rings (SSSR count). The zero-order valence-corrected chi connectivity index (χ0v) is 12.0. The van der Waals surface area contributed by atoms with Gasteiger partial charge in [0.05, 0.1) is 17.3 Å². The van der Waals surface area contributed by atoms with Gasteiger partial charge in [-0.1, -0.05) is 25.5 Å². The largest absolute Gasteiger partial charge is 0.387 e. The van der Waals surface area contributed by atoms with Gasteiger partial charge < -0.3 is 5.11 Å². The molecule has 2 heterocycles. The molecule has 106 valence electrons. The molecule has 1 aromatic carbocycles. The lowest BCUT2D eigenvalue weighted by Gasteiger charge is -2.10. The lowest BCUT2D eigenvalue weighted by atomic mass is 10.0. The third kappa shape index (κ3) is 2.93. The van der Waals surface area contributed by atoms with Crippen LogP contribution >= 0.6 is 0 Å². The van der Waals surface area contributed by atoms with Crippen molar-refractivity contribution in [2.24, 2.45) is 0 Å². The number of hydrogen-bond donors (Lipinski definition) is 1. The second kappa shape index (κ2) is 6.02. The molecule has 1 unspecified atom stereocenters. The topological polar surface area (TPSA) is 46.0 Å². The van der Waals surface area contributed by atoms with Crippen LogP contribution in [0.4, 0.5) is 0 Å². The first-order chi connectivity index (χ1) is 10.3. The van der Waals surface area contributed by atoms with Crippen LogP contribution in [0, 0.1) is 0 Å². The molecule has 0 bridgehead atoms. The summed E-state index contributed by atoms with van der Waals surface area (Å²) in [4.78, 5) is 8.61. The maximum absolute atomic E-state index is 10.0. The molecular formula is C18H18N2O. The van der Waals surface area contributed by atoms with Gasteiger partial charge in [0.15, 0.2) is 0 Å². The van der Waals surface area contributed by atoms with Gasteiger partial charge in [0.1, 0.15) is 0 Å². The minimum atomic E-state index is -0.473. The second-order valence-electron chi connectivity index (χ2n) is 5.18. The Hall–Kier alpha value is -2.26. The summed E-state index contributed by atoms with van der Waals surface area (Å²) in [6.07, 6.45) is 4.80. The first kappa shape index (κ1) is 13.7. The van der Waals surface area contributed by atoms with Crippen LogP contribution < -0.4 is 0 Å². The molecule has 0 saturated carbocycles. The highest BCUT2D eigenvalue weighted by Gasteiger charge is 2.09. The van der Waals surface area contributed by atoms with Gasteiger partial charge in [0.25, 0.3) is 0 Å². The first-order valence-electron chi connectivity index (χ1n) is 7.27. The van der Waals surface area contributed by atoms with E-state index in [2.05, 4.69) is 29.0 Å². The lowest BCUT2D eigenvalue weighted by Crippen LogP contribution is -1.99. The van der Waals surface area contributed by atoms with E-state index >= 15 is 0 Å². The highest BCUT2D eigenvalue weighted by molar-refractivity contribution is 5.84. The summed E-state index contributed by atoms with van der Waals surface area (Å²) in [5.74, 6) is 0. The smallest absolute Gasteiger partial charge is 0.0959 e. The van der Waals surface area contributed by atoms with Gasteiger partial charge >= 0.3 is 0 Å². The molecule has 0 spiro atoms. The van der Waals surface area contributed by atoms with E-state index in [1.54, 1.807) is 12.4 Å². The van der Waals surface area contributed by atoms with Crippen LogP contribution in [0.3, 0.4) is 0 Å². The molecule has 2 aromatic heterocycles. The minimum absolute atomic E-state index is 0.473. The molecular weight excluding hydrogens is 260 g/mol. The van der Waals surface area contributed by atoms with E-state index in [-0.39, 0.29) is 0 Å². The molecule has 3 aromatic rings. The Bertz CT molecular complexity index is 741.